The van der Waals surface area contributed by atoms with Crippen LogP contribution in [0.2, 0.25) is 0 Å². The van der Waals surface area contributed by atoms with Crippen LogP contribution in [0.1, 0.15) is 24.0 Å². The zero-order valence-corrected chi connectivity index (χ0v) is 14.3. The summed E-state index contributed by atoms with van der Waals surface area (Å²) >= 11 is 0. The number of amides is 1. The molecule has 0 aromatic heterocycles. The van der Waals surface area contributed by atoms with E-state index in [0.29, 0.717) is 25.2 Å². The number of anilines is 1. The molecule has 0 saturated carbocycles. The second kappa shape index (κ2) is 7.81. The van der Waals surface area contributed by atoms with E-state index in [9.17, 15) is 18.0 Å². The summed E-state index contributed by atoms with van der Waals surface area (Å²) in [4.78, 5) is 14.4. The van der Waals surface area contributed by atoms with Gasteiger partial charge in [0.25, 0.3) is 0 Å². The summed E-state index contributed by atoms with van der Waals surface area (Å²) in [7, 11) is 0. The Labute approximate surface area is 150 Å². The molecule has 1 N–H and O–H groups in total. The Morgan fingerprint density at radius 3 is 2.42 bits per heavy atom. The third-order valence-corrected chi connectivity index (χ3v) is 4.64. The lowest BCUT2D eigenvalue weighted by molar-refractivity contribution is -0.137. The molecule has 1 heterocycles. The van der Waals surface area contributed by atoms with Gasteiger partial charge in [-0.2, -0.15) is 13.2 Å². The Morgan fingerprint density at radius 1 is 1.08 bits per heavy atom. The van der Waals surface area contributed by atoms with Crippen molar-refractivity contribution in [2.75, 3.05) is 18.0 Å². The molecule has 0 bridgehead atoms. The van der Waals surface area contributed by atoms with E-state index in [0.717, 1.165) is 30.5 Å². The fourth-order valence-corrected chi connectivity index (χ4v) is 3.28. The van der Waals surface area contributed by atoms with Crippen LogP contribution >= 0.6 is 0 Å². The molecule has 0 aliphatic carbocycles. The standard InChI is InChI=1S/C20H21F3N2O/c21-20(22,23)16-8-10-17(11-9-16)25-14-4-7-18(25)19(26)24-13-12-15-5-2-1-3-6-15/h1-3,5-6,8-11,18H,4,7,12-14H2,(H,24,26)/t18-/m1/s1. The maximum atomic E-state index is 12.7. The molecule has 3 rings (SSSR count). The topological polar surface area (TPSA) is 32.3 Å². The average Bonchev–Trinajstić information content (AvgIpc) is 3.12. The minimum Gasteiger partial charge on any atom is -0.360 e. The molecule has 6 heteroatoms. The quantitative estimate of drug-likeness (QED) is 0.871. The molecule has 1 fully saturated rings. The van der Waals surface area contributed by atoms with Crippen LogP contribution in [0.15, 0.2) is 54.6 Å². The number of nitrogens with zero attached hydrogens (tertiary/aromatic N) is 1. The summed E-state index contributed by atoms with van der Waals surface area (Å²) in [6.07, 6.45) is -2.05. The minimum absolute atomic E-state index is 0.0710. The Bertz CT molecular complexity index is 729. The summed E-state index contributed by atoms with van der Waals surface area (Å²) in [5.74, 6) is -0.0710. The number of benzene rings is 2. The number of nitrogens with one attached hydrogen (secondary N) is 1. The zero-order valence-electron chi connectivity index (χ0n) is 14.3. The number of hydrogen-bond acceptors (Lipinski definition) is 2. The molecule has 26 heavy (non-hydrogen) atoms. The predicted molar refractivity (Wildman–Crippen MR) is 95.0 cm³/mol. The monoisotopic (exact) mass is 362 g/mol. The first-order valence-corrected chi connectivity index (χ1v) is 8.71. The first-order chi connectivity index (χ1) is 12.4. The molecule has 0 radical (unpaired) electrons. The average molecular weight is 362 g/mol. The van der Waals surface area contributed by atoms with Gasteiger partial charge in [-0.3, -0.25) is 4.79 Å². The van der Waals surface area contributed by atoms with Crippen molar-refractivity contribution in [1.29, 1.82) is 0 Å². The molecule has 0 spiro atoms. The zero-order chi connectivity index (χ0) is 18.6. The van der Waals surface area contributed by atoms with Crippen molar-refractivity contribution < 1.29 is 18.0 Å². The molecule has 1 saturated heterocycles. The van der Waals surface area contributed by atoms with Crippen LogP contribution < -0.4 is 10.2 Å². The highest BCUT2D eigenvalue weighted by molar-refractivity contribution is 5.85. The number of hydrogen-bond donors (Lipinski definition) is 1. The number of alkyl halides is 3. The smallest absolute Gasteiger partial charge is 0.360 e. The normalized spacial score (nSPS) is 17.3. The van der Waals surface area contributed by atoms with Crippen LogP contribution in [0.5, 0.6) is 0 Å². The van der Waals surface area contributed by atoms with Gasteiger partial charge in [-0.05, 0) is 49.1 Å². The largest absolute Gasteiger partial charge is 0.416 e. The Kier molecular flexibility index (Phi) is 5.49. The van der Waals surface area contributed by atoms with Gasteiger partial charge in [0.05, 0.1) is 5.56 Å². The maximum absolute atomic E-state index is 12.7. The van der Waals surface area contributed by atoms with Gasteiger partial charge in [-0.25, -0.2) is 0 Å². The number of halogens is 3. The van der Waals surface area contributed by atoms with Crippen LogP contribution in [-0.2, 0) is 17.4 Å². The highest BCUT2D eigenvalue weighted by atomic mass is 19.4. The van der Waals surface area contributed by atoms with Crippen molar-refractivity contribution in [3.63, 3.8) is 0 Å². The van der Waals surface area contributed by atoms with E-state index in [4.69, 9.17) is 0 Å². The highest BCUT2D eigenvalue weighted by Crippen LogP contribution is 2.32. The molecule has 3 nitrogen and oxygen atoms in total. The van der Waals surface area contributed by atoms with Crippen molar-refractivity contribution >= 4 is 11.6 Å². The van der Waals surface area contributed by atoms with Crippen LogP contribution in [0, 0.1) is 0 Å². The third-order valence-electron chi connectivity index (χ3n) is 4.64. The molecule has 0 unspecified atom stereocenters. The van der Waals surface area contributed by atoms with Crippen molar-refractivity contribution in [3.05, 3.63) is 65.7 Å². The molecule has 1 amide bonds. The molecule has 1 aliphatic rings. The molecular formula is C20H21F3N2O. The second-order valence-corrected chi connectivity index (χ2v) is 6.42. The van der Waals surface area contributed by atoms with E-state index >= 15 is 0 Å². The summed E-state index contributed by atoms with van der Waals surface area (Å²) in [5.41, 5.74) is 1.13. The maximum Gasteiger partial charge on any atom is 0.416 e. The lowest BCUT2D eigenvalue weighted by atomic mass is 10.1. The number of carbonyl (C=O) groups is 1. The molecule has 1 aliphatic heterocycles. The van der Waals surface area contributed by atoms with Crippen LogP contribution in [0.3, 0.4) is 0 Å². The van der Waals surface area contributed by atoms with Gasteiger partial charge in [0.1, 0.15) is 6.04 Å². The van der Waals surface area contributed by atoms with E-state index in [1.165, 1.54) is 12.1 Å². The predicted octanol–water partition coefficient (Wildman–Crippen LogP) is 4.03. The van der Waals surface area contributed by atoms with E-state index < -0.39 is 11.7 Å². The van der Waals surface area contributed by atoms with Crippen molar-refractivity contribution in [3.8, 4) is 0 Å². The lowest BCUT2D eigenvalue weighted by Crippen LogP contribution is -2.44. The highest BCUT2D eigenvalue weighted by Gasteiger charge is 2.33. The van der Waals surface area contributed by atoms with Gasteiger partial charge in [-0.15, -0.1) is 0 Å². The van der Waals surface area contributed by atoms with E-state index in [2.05, 4.69) is 5.32 Å². The van der Waals surface area contributed by atoms with Crippen LogP contribution in [0.4, 0.5) is 18.9 Å². The SMILES string of the molecule is O=C(NCCc1ccccc1)[C@H]1CCCN1c1ccc(C(F)(F)F)cc1. The van der Waals surface area contributed by atoms with Crippen molar-refractivity contribution in [1.82, 2.24) is 5.32 Å². The fraction of sp³-hybridized carbons (Fsp3) is 0.350. The van der Waals surface area contributed by atoms with E-state index in [-0.39, 0.29) is 11.9 Å². The Balaban J connectivity index is 1.59. The lowest BCUT2D eigenvalue weighted by Gasteiger charge is -2.26. The second-order valence-electron chi connectivity index (χ2n) is 6.42. The van der Waals surface area contributed by atoms with Crippen molar-refractivity contribution in [2.24, 2.45) is 0 Å². The fourth-order valence-electron chi connectivity index (χ4n) is 3.28. The summed E-state index contributed by atoms with van der Waals surface area (Å²) in [5, 5.41) is 2.95. The number of rotatable bonds is 5. The van der Waals surface area contributed by atoms with E-state index in [1.807, 2.05) is 35.2 Å². The van der Waals surface area contributed by atoms with Gasteiger partial charge < -0.3 is 10.2 Å². The summed E-state index contributed by atoms with van der Waals surface area (Å²) in [6, 6.07) is 14.6. The molecular weight excluding hydrogens is 341 g/mol. The minimum atomic E-state index is -4.35. The Morgan fingerprint density at radius 2 is 1.77 bits per heavy atom. The summed E-state index contributed by atoms with van der Waals surface area (Å²) in [6.45, 7) is 1.21. The summed E-state index contributed by atoms with van der Waals surface area (Å²) < 4.78 is 38.1. The van der Waals surface area contributed by atoms with Gasteiger partial charge >= 0.3 is 6.18 Å². The van der Waals surface area contributed by atoms with E-state index in [1.54, 1.807) is 0 Å². The first kappa shape index (κ1) is 18.3. The number of carbonyl (C=O) groups excluding carboxylic acids is 1. The molecule has 138 valence electrons. The van der Waals surface area contributed by atoms with Gasteiger partial charge in [0, 0.05) is 18.8 Å². The Hall–Kier alpha value is -2.50. The molecule has 2 aromatic rings. The first-order valence-electron chi connectivity index (χ1n) is 8.71. The van der Waals surface area contributed by atoms with Gasteiger partial charge in [-0.1, -0.05) is 30.3 Å². The van der Waals surface area contributed by atoms with Gasteiger partial charge in [0.2, 0.25) is 5.91 Å². The van der Waals surface area contributed by atoms with Crippen LogP contribution in [-0.4, -0.2) is 25.0 Å². The van der Waals surface area contributed by atoms with Crippen molar-refractivity contribution in [2.45, 2.75) is 31.5 Å². The third kappa shape index (κ3) is 4.36. The van der Waals surface area contributed by atoms with Gasteiger partial charge in [0.15, 0.2) is 0 Å². The molecule has 1 atom stereocenters. The molecule has 2 aromatic carbocycles. The van der Waals surface area contributed by atoms with Crippen LogP contribution in [0.25, 0.3) is 0 Å².